The molecular formula is C21H18F2N2O4S. The fourth-order valence-electron chi connectivity index (χ4n) is 3.60. The summed E-state index contributed by atoms with van der Waals surface area (Å²) in [6, 6.07) is 7.58. The first kappa shape index (κ1) is 20.1. The van der Waals surface area contributed by atoms with Gasteiger partial charge in [0.05, 0.1) is 30.0 Å². The van der Waals surface area contributed by atoms with Crippen molar-refractivity contribution in [3.05, 3.63) is 64.9 Å². The molecule has 2 aromatic rings. The molecule has 0 fully saturated rings. The highest BCUT2D eigenvalue weighted by Crippen LogP contribution is 2.39. The summed E-state index contributed by atoms with van der Waals surface area (Å²) in [5, 5.41) is 3.06. The number of esters is 1. The normalized spacial score (nSPS) is 18.2. The highest BCUT2D eigenvalue weighted by Gasteiger charge is 2.38. The minimum atomic E-state index is -1.14. The van der Waals surface area contributed by atoms with Gasteiger partial charge in [-0.15, -0.1) is 0 Å². The second kappa shape index (κ2) is 7.91. The maximum atomic E-state index is 14.5. The van der Waals surface area contributed by atoms with Crippen LogP contribution in [0, 0.1) is 11.6 Å². The molecule has 9 heteroatoms. The van der Waals surface area contributed by atoms with E-state index in [2.05, 4.69) is 5.32 Å². The van der Waals surface area contributed by atoms with E-state index in [1.807, 2.05) is 0 Å². The van der Waals surface area contributed by atoms with Gasteiger partial charge < -0.3 is 19.5 Å². The van der Waals surface area contributed by atoms with E-state index in [0.29, 0.717) is 36.1 Å². The molecule has 2 aliphatic rings. The number of thiocarbonyl (C=S) groups is 1. The van der Waals surface area contributed by atoms with Crippen molar-refractivity contribution in [1.82, 2.24) is 5.32 Å². The largest absolute Gasteiger partial charge is 0.486 e. The Labute approximate surface area is 177 Å². The third-order valence-corrected chi connectivity index (χ3v) is 5.26. The van der Waals surface area contributed by atoms with Crippen LogP contribution in [0.2, 0.25) is 0 Å². The minimum absolute atomic E-state index is 0.0463. The van der Waals surface area contributed by atoms with Crippen molar-refractivity contribution in [2.45, 2.75) is 13.0 Å². The van der Waals surface area contributed by atoms with Crippen molar-refractivity contribution in [3.8, 4) is 11.5 Å². The molecule has 0 aromatic heterocycles. The smallest absolute Gasteiger partial charge is 0.337 e. The van der Waals surface area contributed by atoms with Crippen molar-refractivity contribution in [2.24, 2.45) is 0 Å². The number of benzene rings is 2. The lowest BCUT2D eigenvalue weighted by atomic mass is 9.94. The van der Waals surface area contributed by atoms with Gasteiger partial charge in [-0.3, -0.25) is 4.90 Å². The van der Waals surface area contributed by atoms with Gasteiger partial charge in [0.25, 0.3) is 0 Å². The molecule has 2 aliphatic heterocycles. The monoisotopic (exact) mass is 432 g/mol. The van der Waals surface area contributed by atoms with Gasteiger partial charge in [-0.2, -0.15) is 0 Å². The lowest BCUT2D eigenvalue weighted by Gasteiger charge is -2.37. The Morgan fingerprint density at radius 1 is 1.17 bits per heavy atom. The molecule has 0 unspecified atom stereocenters. The summed E-state index contributed by atoms with van der Waals surface area (Å²) in [4.78, 5) is 14.2. The van der Waals surface area contributed by atoms with E-state index >= 15 is 0 Å². The van der Waals surface area contributed by atoms with E-state index in [-0.39, 0.29) is 16.2 Å². The summed E-state index contributed by atoms with van der Waals surface area (Å²) in [6.45, 7) is 2.51. The van der Waals surface area contributed by atoms with Crippen LogP contribution in [0.5, 0.6) is 11.5 Å². The average Bonchev–Trinajstić information content (AvgIpc) is 2.73. The van der Waals surface area contributed by atoms with Gasteiger partial charge in [0.15, 0.2) is 16.6 Å². The van der Waals surface area contributed by atoms with Gasteiger partial charge in [-0.25, -0.2) is 13.6 Å². The summed E-state index contributed by atoms with van der Waals surface area (Å²) in [5.41, 5.74) is 0.726. The molecule has 2 aromatic carbocycles. The second-order valence-corrected chi connectivity index (χ2v) is 7.06. The number of rotatable bonds is 3. The van der Waals surface area contributed by atoms with Crippen LogP contribution in [0.15, 0.2) is 47.7 Å². The van der Waals surface area contributed by atoms with Gasteiger partial charge in [0.2, 0.25) is 0 Å². The molecule has 0 amide bonds. The first-order valence-electron chi connectivity index (χ1n) is 9.15. The zero-order valence-electron chi connectivity index (χ0n) is 16.2. The first-order valence-corrected chi connectivity index (χ1v) is 9.56. The summed E-state index contributed by atoms with van der Waals surface area (Å²) in [5.74, 6) is -1.18. The lowest BCUT2D eigenvalue weighted by Crippen LogP contribution is -2.48. The van der Waals surface area contributed by atoms with Gasteiger partial charge in [0, 0.05) is 11.8 Å². The summed E-state index contributed by atoms with van der Waals surface area (Å²) < 4.78 is 45.1. The number of hydrogen-bond acceptors (Lipinski definition) is 5. The maximum absolute atomic E-state index is 14.5. The van der Waals surface area contributed by atoms with Gasteiger partial charge in [-0.05, 0) is 43.4 Å². The lowest BCUT2D eigenvalue weighted by molar-refractivity contribution is -0.136. The summed E-state index contributed by atoms with van der Waals surface area (Å²) in [7, 11) is 1.21. The van der Waals surface area contributed by atoms with Gasteiger partial charge >= 0.3 is 5.97 Å². The molecule has 0 spiro atoms. The molecule has 30 heavy (non-hydrogen) atoms. The van der Waals surface area contributed by atoms with E-state index in [4.69, 9.17) is 26.4 Å². The zero-order chi connectivity index (χ0) is 21.4. The number of allylic oxidation sites excluding steroid dienone is 1. The molecule has 0 saturated carbocycles. The highest BCUT2D eigenvalue weighted by molar-refractivity contribution is 7.80. The number of halogens is 2. The molecule has 2 heterocycles. The number of carbonyl (C=O) groups excluding carboxylic acids is 1. The topological polar surface area (TPSA) is 60.0 Å². The maximum Gasteiger partial charge on any atom is 0.337 e. The number of carbonyl (C=O) groups is 1. The Hall–Kier alpha value is -3.20. The number of hydrogen-bond donors (Lipinski definition) is 1. The van der Waals surface area contributed by atoms with Crippen LogP contribution in [0.25, 0.3) is 0 Å². The van der Waals surface area contributed by atoms with Crippen LogP contribution in [0.4, 0.5) is 14.5 Å². The minimum Gasteiger partial charge on any atom is -0.486 e. The van der Waals surface area contributed by atoms with E-state index < -0.39 is 23.6 Å². The van der Waals surface area contributed by atoms with Crippen molar-refractivity contribution in [1.29, 1.82) is 0 Å². The Morgan fingerprint density at radius 3 is 2.50 bits per heavy atom. The zero-order valence-corrected chi connectivity index (χ0v) is 17.0. The molecule has 4 rings (SSSR count). The molecule has 0 radical (unpaired) electrons. The van der Waals surface area contributed by atoms with Crippen LogP contribution in [0.3, 0.4) is 0 Å². The van der Waals surface area contributed by atoms with Crippen LogP contribution in [0.1, 0.15) is 18.5 Å². The van der Waals surface area contributed by atoms with Crippen LogP contribution < -0.4 is 19.7 Å². The number of methoxy groups -OCH3 is 1. The van der Waals surface area contributed by atoms with Crippen molar-refractivity contribution in [2.75, 3.05) is 25.2 Å². The number of fused-ring (bicyclic) bond motifs is 1. The second-order valence-electron chi connectivity index (χ2n) is 6.67. The highest BCUT2D eigenvalue weighted by atomic mass is 32.1. The quantitative estimate of drug-likeness (QED) is 0.587. The number of anilines is 1. The standard InChI is InChI=1S/C21H18F2N2O4S/c1-11-17(20(26)27-2)19(18-13(22)4-3-5-14(18)23)24-21(30)25(11)12-6-7-15-16(10-12)29-9-8-28-15/h3-7,10,19H,8-9H2,1-2H3,(H,24,30)/t19-/m1/s1. The molecule has 0 saturated heterocycles. The Balaban J connectivity index is 1.85. The SMILES string of the molecule is COC(=O)C1=C(C)N(c2ccc3c(c2)OCCO3)C(=S)N[C@H]1c1c(F)cccc1F. The predicted molar refractivity (Wildman–Crippen MR) is 109 cm³/mol. The average molecular weight is 432 g/mol. The van der Waals surface area contributed by atoms with Crippen LogP contribution in [-0.2, 0) is 9.53 Å². The number of nitrogens with zero attached hydrogens (tertiary/aromatic N) is 1. The van der Waals surface area contributed by atoms with E-state index in [0.717, 1.165) is 12.1 Å². The van der Waals surface area contributed by atoms with Crippen LogP contribution in [-0.4, -0.2) is 31.4 Å². The van der Waals surface area contributed by atoms with E-state index in [1.54, 1.807) is 30.0 Å². The van der Waals surface area contributed by atoms with Gasteiger partial charge in [-0.1, -0.05) is 6.07 Å². The number of nitrogens with one attached hydrogen (secondary N) is 1. The third-order valence-electron chi connectivity index (χ3n) is 4.96. The van der Waals surface area contributed by atoms with Crippen molar-refractivity contribution >= 4 is 29.0 Å². The number of ether oxygens (including phenoxy) is 3. The van der Waals surface area contributed by atoms with Crippen LogP contribution >= 0.6 is 12.2 Å². The fourth-order valence-corrected chi connectivity index (χ4v) is 3.96. The Morgan fingerprint density at radius 2 is 1.83 bits per heavy atom. The predicted octanol–water partition coefficient (Wildman–Crippen LogP) is 3.62. The Kier molecular flexibility index (Phi) is 5.29. The molecule has 1 N–H and O–H groups in total. The third kappa shape index (κ3) is 3.35. The molecule has 6 nitrogen and oxygen atoms in total. The summed E-state index contributed by atoms with van der Waals surface area (Å²) >= 11 is 5.49. The van der Waals surface area contributed by atoms with E-state index in [1.165, 1.54) is 13.2 Å². The van der Waals surface area contributed by atoms with Crippen molar-refractivity contribution < 1.29 is 27.8 Å². The fraction of sp³-hybridized carbons (Fsp3) is 0.238. The molecule has 0 aliphatic carbocycles. The molecule has 0 bridgehead atoms. The Bertz CT molecular complexity index is 1050. The summed E-state index contributed by atoms with van der Waals surface area (Å²) in [6.07, 6.45) is 0. The van der Waals surface area contributed by atoms with Gasteiger partial charge in [0.1, 0.15) is 24.8 Å². The molecule has 1 atom stereocenters. The molecular weight excluding hydrogens is 414 g/mol. The van der Waals surface area contributed by atoms with E-state index in [9.17, 15) is 13.6 Å². The molecule has 156 valence electrons. The first-order chi connectivity index (χ1) is 14.4. The van der Waals surface area contributed by atoms with Crippen molar-refractivity contribution in [3.63, 3.8) is 0 Å².